The first-order chi connectivity index (χ1) is 10.9. The van der Waals surface area contributed by atoms with Gasteiger partial charge in [-0.05, 0) is 23.8 Å². The molecule has 0 spiro atoms. The van der Waals surface area contributed by atoms with Crippen LogP contribution in [0.2, 0.25) is 0 Å². The van der Waals surface area contributed by atoms with E-state index >= 15 is 0 Å². The van der Waals surface area contributed by atoms with Crippen molar-refractivity contribution < 1.29 is 0 Å². The first kappa shape index (κ1) is 12.8. The molecule has 4 rings (SSSR count). The molecule has 1 aliphatic heterocycles. The first-order valence-electron chi connectivity index (χ1n) is 7.40. The van der Waals surface area contributed by atoms with Gasteiger partial charge in [0, 0.05) is 6.54 Å². The minimum Gasteiger partial charge on any atom is -0.367 e. The molecule has 0 aliphatic carbocycles. The lowest BCUT2D eigenvalue weighted by Crippen LogP contribution is -2.22. The van der Waals surface area contributed by atoms with Crippen molar-refractivity contribution in [2.75, 3.05) is 13.1 Å². The SMILES string of the molecule is C(=C(\C1=NCCN1)n1cnc2ccccc21)/c1ccccc1. The number of fused-ring (bicyclic) bond motifs is 1. The lowest BCUT2D eigenvalue weighted by atomic mass is 10.2. The topological polar surface area (TPSA) is 42.2 Å². The molecular formula is C18H16N4. The standard InChI is InChI=1S/C18H16N4/c1-2-6-14(7-3-1)12-17(18-19-10-11-20-18)22-13-21-15-8-4-5-9-16(15)22/h1-9,12-13H,10-11H2,(H,19,20)/b17-12-. The molecule has 0 radical (unpaired) electrons. The Labute approximate surface area is 128 Å². The van der Waals surface area contributed by atoms with Crippen LogP contribution in [0.4, 0.5) is 0 Å². The van der Waals surface area contributed by atoms with Gasteiger partial charge in [-0.2, -0.15) is 0 Å². The molecule has 0 atom stereocenters. The second kappa shape index (κ2) is 5.48. The molecule has 1 aliphatic rings. The zero-order valence-corrected chi connectivity index (χ0v) is 12.1. The molecule has 0 saturated carbocycles. The molecule has 0 unspecified atom stereocenters. The number of benzene rings is 2. The Kier molecular flexibility index (Phi) is 3.20. The van der Waals surface area contributed by atoms with Crippen LogP contribution in [0.5, 0.6) is 0 Å². The summed E-state index contributed by atoms with van der Waals surface area (Å²) < 4.78 is 2.10. The minimum atomic E-state index is 0.814. The summed E-state index contributed by atoms with van der Waals surface area (Å²) in [6.45, 7) is 1.70. The van der Waals surface area contributed by atoms with Gasteiger partial charge in [-0.3, -0.25) is 9.56 Å². The summed E-state index contributed by atoms with van der Waals surface area (Å²) in [5.41, 5.74) is 4.24. The molecule has 1 aromatic heterocycles. The Morgan fingerprint density at radius 2 is 1.86 bits per heavy atom. The van der Waals surface area contributed by atoms with E-state index in [0.29, 0.717) is 0 Å². The zero-order chi connectivity index (χ0) is 14.8. The second-order valence-electron chi connectivity index (χ2n) is 5.20. The minimum absolute atomic E-state index is 0.814. The van der Waals surface area contributed by atoms with Crippen LogP contribution in [0.25, 0.3) is 22.8 Å². The fourth-order valence-corrected chi connectivity index (χ4v) is 2.68. The highest BCUT2D eigenvalue weighted by molar-refractivity contribution is 6.23. The highest BCUT2D eigenvalue weighted by Gasteiger charge is 2.15. The van der Waals surface area contributed by atoms with Crippen LogP contribution < -0.4 is 5.32 Å². The molecule has 0 fully saturated rings. The van der Waals surface area contributed by atoms with Gasteiger partial charge < -0.3 is 5.32 Å². The van der Waals surface area contributed by atoms with Gasteiger partial charge in [-0.1, -0.05) is 42.5 Å². The highest BCUT2D eigenvalue weighted by atomic mass is 15.1. The van der Waals surface area contributed by atoms with Crippen LogP contribution in [-0.2, 0) is 0 Å². The van der Waals surface area contributed by atoms with Crippen molar-refractivity contribution >= 4 is 28.6 Å². The predicted octanol–water partition coefficient (Wildman–Crippen LogP) is 3.04. The molecule has 4 nitrogen and oxygen atoms in total. The van der Waals surface area contributed by atoms with Gasteiger partial charge in [-0.15, -0.1) is 0 Å². The summed E-state index contributed by atoms with van der Waals surface area (Å²) >= 11 is 0. The fourth-order valence-electron chi connectivity index (χ4n) is 2.68. The Bertz CT molecular complexity index is 859. The maximum absolute atomic E-state index is 4.58. The lowest BCUT2D eigenvalue weighted by molar-refractivity contribution is 0.959. The maximum Gasteiger partial charge on any atom is 0.145 e. The number of rotatable bonds is 3. The molecule has 3 aromatic rings. The van der Waals surface area contributed by atoms with E-state index in [1.807, 2.05) is 42.7 Å². The Morgan fingerprint density at radius 1 is 1.05 bits per heavy atom. The molecule has 108 valence electrons. The third-order valence-corrected chi connectivity index (χ3v) is 3.73. The number of hydrogen-bond acceptors (Lipinski definition) is 3. The molecule has 22 heavy (non-hydrogen) atoms. The van der Waals surface area contributed by atoms with Crippen molar-refractivity contribution in [1.29, 1.82) is 0 Å². The third kappa shape index (κ3) is 2.29. The average molecular weight is 288 g/mol. The van der Waals surface area contributed by atoms with E-state index in [-0.39, 0.29) is 0 Å². The van der Waals surface area contributed by atoms with Gasteiger partial charge >= 0.3 is 0 Å². The molecule has 1 N–H and O–H groups in total. The second-order valence-corrected chi connectivity index (χ2v) is 5.20. The number of amidine groups is 1. The van der Waals surface area contributed by atoms with Crippen molar-refractivity contribution in [2.24, 2.45) is 4.99 Å². The number of nitrogens with zero attached hydrogens (tertiary/aromatic N) is 3. The van der Waals surface area contributed by atoms with Crippen LogP contribution in [0.3, 0.4) is 0 Å². The molecule has 2 heterocycles. The largest absolute Gasteiger partial charge is 0.367 e. The predicted molar refractivity (Wildman–Crippen MR) is 90.6 cm³/mol. The normalized spacial score (nSPS) is 14.9. The van der Waals surface area contributed by atoms with E-state index in [2.05, 4.69) is 44.1 Å². The summed E-state index contributed by atoms with van der Waals surface area (Å²) in [7, 11) is 0. The summed E-state index contributed by atoms with van der Waals surface area (Å²) in [6, 6.07) is 18.4. The van der Waals surface area contributed by atoms with Crippen molar-refractivity contribution in [3.63, 3.8) is 0 Å². The molecule has 0 amide bonds. The Morgan fingerprint density at radius 3 is 2.68 bits per heavy atom. The molecule has 0 bridgehead atoms. The van der Waals surface area contributed by atoms with Crippen LogP contribution in [-0.4, -0.2) is 28.5 Å². The zero-order valence-electron chi connectivity index (χ0n) is 12.1. The van der Waals surface area contributed by atoms with Crippen LogP contribution in [0, 0.1) is 0 Å². The van der Waals surface area contributed by atoms with E-state index in [4.69, 9.17) is 0 Å². The van der Waals surface area contributed by atoms with Gasteiger partial charge in [0.25, 0.3) is 0 Å². The number of para-hydroxylation sites is 2. The Balaban J connectivity index is 1.89. The van der Waals surface area contributed by atoms with E-state index in [0.717, 1.165) is 41.2 Å². The van der Waals surface area contributed by atoms with Gasteiger partial charge in [-0.25, -0.2) is 4.98 Å². The summed E-state index contributed by atoms with van der Waals surface area (Å²) in [5, 5.41) is 3.36. The summed E-state index contributed by atoms with van der Waals surface area (Å²) in [4.78, 5) is 9.08. The van der Waals surface area contributed by atoms with E-state index < -0.39 is 0 Å². The summed E-state index contributed by atoms with van der Waals surface area (Å²) in [6.07, 6.45) is 4.01. The maximum atomic E-state index is 4.58. The summed E-state index contributed by atoms with van der Waals surface area (Å²) in [5.74, 6) is 0.923. The van der Waals surface area contributed by atoms with Crippen molar-refractivity contribution in [3.05, 3.63) is 66.5 Å². The highest BCUT2D eigenvalue weighted by Crippen LogP contribution is 2.20. The van der Waals surface area contributed by atoms with Gasteiger partial charge in [0.05, 0.1) is 23.3 Å². The van der Waals surface area contributed by atoms with Crippen LogP contribution in [0.1, 0.15) is 5.56 Å². The van der Waals surface area contributed by atoms with Crippen LogP contribution >= 0.6 is 0 Å². The number of aromatic nitrogens is 2. The van der Waals surface area contributed by atoms with Gasteiger partial charge in [0.2, 0.25) is 0 Å². The van der Waals surface area contributed by atoms with Crippen molar-refractivity contribution in [2.45, 2.75) is 0 Å². The molecule has 2 aromatic carbocycles. The lowest BCUT2D eigenvalue weighted by Gasteiger charge is -2.11. The smallest absolute Gasteiger partial charge is 0.145 e. The van der Waals surface area contributed by atoms with E-state index in [9.17, 15) is 0 Å². The number of imidazole rings is 1. The molecular weight excluding hydrogens is 272 g/mol. The fraction of sp³-hybridized carbons (Fsp3) is 0.111. The van der Waals surface area contributed by atoms with Crippen LogP contribution in [0.15, 0.2) is 65.9 Å². The van der Waals surface area contributed by atoms with Crippen molar-refractivity contribution in [1.82, 2.24) is 14.9 Å². The number of aliphatic imine (C=N–C) groups is 1. The third-order valence-electron chi connectivity index (χ3n) is 3.73. The molecule has 0 saturated heterocycles. The van der Waals surface area contributed by atoms with Gasteiger partial charge in [0.15, 0.2) is 0 Å². The average Bonchev–Trinajstić information content (AvgIpc) is 3.24. The Hall–Kier alpha value is -2.88. The first-order valence-corrected chi connectivity index (χ1v) is 7.40. The van der Waals surface area contributed by atoms with Gasteiger partial charge in [0.1, 0.15) is 12.2 Å². The molecule has 4 heteroatoms. The quantitative estimate of drug-likeness (QED) is 0.805. The van der Waals surface area contributed by atoms with Crippen molar-refractivity contribution in [3.8, 4) is 0 Å². The number of hydrogen-bond donors (Lipinski definition) is 1. The van der Waals surface area contributed by atoms with E-state index in [1.165, 1.54) is 0 Å². The monoisotopic (exact) mass is 288 g/mol. The number of nitrogens with one attached hydrogen (secondary N) is 1. The van der Waals surface area contributed by atoms with E-state index in [1.54, 1.807) is 0 Å².